The van der Waals surface area contributed by atoms with Crippen LogP contribution in [-0.4, -0.2) is 17.3 Å². The topological polar surface area (TPSA) is 50.7 Å². The van der Waals surface area contributed by atoms with Gasteiger partial charge >= 0.3 is 0 Å². The minimum atomic E-state index is -0.613. The fourth-order valence-electron chi connectivity index (χ4n) is 1.87. The van der Waals surface area contributed by atoms with Gasteiger partial charge in [0.15, 0.2) is 5.90 Å². The van der Waals surface area contributed by atoms with E-state index in [1.807, 2.05) is 45.0 Å². The molecule has 18 heavy (non-hydrogen) atoms. The summed E-state index contributed by atoms with van der Waals surface area (Å²) in [5, 5.41) is 2.93. The Balaban J connectivity index is 2.30. The molecule has 0 spiro atoms. The molecule has 0 fully saturated rings. The lowest BCUT2D eigenvalue weighted by Crippen LogP contribution is -2.44. The van der Waals surface area contributed by atoms with E-state index >= 15 is 0 Å². The van der Waals surface area contributed by atoms with Crippen LogP contribution in [0.4, 0.5) is 5.69 Å². The molecule has 1 aromatic rings. The van der Waals surface area contributed by atoms with Crippen molar-refractivity contribution in [3.05, 3.63) is 29.8 Å². The average Bonchev–Trinajstić information content (AvgIpc) is 2.25. The van der Waals surface area contributed by atoms with E-state index in [2.05, 4.69) is 10.3 Å². The third-order valence-electron chi connectivity index (χ3n) is 2.52. The molecule has 0 aromatic heterocycles. The zero-order valence-electron chi connectivity index (χ0n) is 11.2. The van der Waals surface area contributed by atoms with Crippen LogP contribution in [0.25, 0.3) is 0 Å². The molecule has 1 aliphatic rings. The van der Waals surface area contributed by atoms with E-state index in [9.17, 15) is 4.79 Å². The van der Waals surface area contributed by atoms with Crippen LogP contribution in [0.2, 0.25) is 0 Å². The molecule has 1 aliphatic heterocycles. The summed E-state index contributed by atoms with van der Waals surface area (Å²) >= 11 is 0. The number of hydrogen-bond donors (Lipinski definition) is 1. The zero-order valence-corrected chi connectivity index (χ0v) is 11.2. The van der Waals surface area contributed by atoms with E-state index in [0.29, 0.717) is 5.90 Å². The van der Waals surface area contributed by atoms with Gasteiger partial charge in [0.25, 0.3) is 5.91 Å². The van der Waals surface area contributed by atoms with Crippen LogP contribution in [-0.2, 0) is 9.53 Å². The van der Waals surface area contributed by atoms with Gasteiger partial charge in [-0.05, 0) is 26.8 Å². The molecular weight excluding hydrogens is 228 g/mol. The van der Waals surface area contributed by atoms with Gasteiger partial charge in [-0.25, -0.2) is 4.99 Å². The maximum absolute atomic E-state index is 12.2. The molecule has 1 aromatic carbocycles. The molecule has 1 N–H and O–H groups in total. The maximum atomic E-state index is 12.2. The highest BCUT2D eigenvalue weighted by Gasteiger charge is 2.30. The monoisotopic (exact) mass is 246 g/mol. The second-order valence-corrected chi connectivity index (χ2v) is 5.43. The molecule has 2 rings (SSSR count). The largest absolute Gasteiger partial charge is 0.463 e. The lowest BCUT2D eigenvalue weighted by molar-refractivity contribution is -0.130. The van der Waals surface area contributed by atoms with Crippen molar-refractivity contribution in [2.75, 3.05) is 0 Å². The summed E-state index contributed by atoms with van der Waals surface area (Å²) in [4.78, 5) is 16.5. The van der Waals surface area contributed by atoms with E-state index in [1.165, 1.54) is 0 Å². The minimum absolute atomic E-state index is 0.135. The number of para-hydroxylation sites is 1. The Bertz CT molecular complexity index is 501. The second-order valence-electron chi connectivity index (χ2n) is 5.43. The van der Waals surface area contributed by atoms with Crippen LogP contribution < -0.4 is 5.32 Å². The Morgan fingerprint density at radius 2 is 2.00 bits per heavy atom. The van der Waals surface area contributed by atoms with Crippen LogP contribution in [0.5, 0.6) is 0 Å². The number of ether oxygens (including phenoxy) is 1. The number of carbonyl (C=O) groups is 1. The standard InChI is InChI=1S/C14H18N2O2/c1-9-15-11-8-6-5-7-10(11)12(18-9)13(17)16-14(2,3)4/h5-8,12H,1-4H3,(H,16,17). The normalized spacial score (nSPS) is 18.4. The number of carbonyl (C=O) groups excluding carboxylic acids is 1. The quantitative estimate of drug-likeness (QED) is 0.828. The highest BCUT2D eigenvalue weighted by molar-refractivity contribution is 5.90. The van der Waals surface area contributed by atoms with Gasteiger partial charge < -0.3 is 10.1 Å². The molecule has 0 bridgehead atoms. The smallest absolute Gasteiger partial charge is 0.266 e. The van der Waals surface area contributed by atoms with E-state index in [0.717, 1.165) is 11.3 Å². The van der Waals surface area contributed by atoms with Gasteiger partial charge in [-0.1, -0.05) is 18.2 Å². The predicted octanol–water partition coefficient (Wildman–Crippen LogP) is 2.72. The SMILES string of the molecule is CC1=Nc2ccccc2C(C(=O)NC(C)(C)C)O1. The maximum Gasteiger partial charge on any atom is 0.266 e. The molecule has 4 heteroatoms. The molecule has 4 nitrogen and oxygen atoms in total. The van der Waals surface area contributed by atoms with Gasteiger partial charge in [0.1, 0.15) is 0 Å². The molecular formula is C14H18N2O2. The van der Waals surface area contributed by atoms with Crippen LogP contribution in [0.3, 0.4) is 0 Å². The average molecular weight is 246 g/mol. The molecule has 1 unspecified atom stereocenters. The predicted molar refractivity (Wildman–Crippen MR) is 70.9 cm³/mol. The number of nitrogens with zero attached hydrogens (tertiary/aromatic N) is 1. The van der Waals surface area contributed by atoms with Crippen molar-refractivity contribution in [1.29, 1.82) is 0 Å². The molecule has 1 atom stereocenters. The van der Waals surface area contributed by atoms with Gasteiger partial charge in [0.2, 0.25) is 6.10 Å². The number of rotatable bonds is 1. The van der Waals surface area contributed by atoms with Crippen molar-refractivity contribution in [2.24, 2.45) is 4.99 Å². The molecule has 0 radical (unpaired) electrons. The Morgan fingerprint density at radius 3 is 2.67 bits per heavy atom. The lowest BCUT2D eigenvalue weighted by Gasteiger charge is -2.28. The number of amides is 1. The first-order valence-electron chi connectivity index (χ1n) is 6.00. The Hall–Kier alpha value is -1.84. The minimum Gasteiger partial charge on any atom is -0.463 e. The summed E-state index contributed by atoms with van der Waals surface area (Å²) in [6.07, 6.45) is -0.613. The number of hydrogen-bond acceptors (Lipinski definition) is 3. The zero-order chi connectivity index (χ0) is 13.3. The first-order chi connectivity index (χ1) is 8.37. The number of nitrogens with one attached hydrogen (secondary N) is 1. The van der Waals surface area contributed by atoms with E-state index in [1.54, 1.807) is 6.92 Å². The molecule has 1 heterocycles. The van der Waals surface area contributed by atoms with E-state index in [4.69, 9.17) is 4.74 Å². The highest BCUT2D eigenvalue weighted by Crippen LogP contribution is 2.32. The number of fused-ring (bicyclic) bond motifs is 1. The number of aliphatic imine (C=N–C) groups is 1. The van der Waals surface area contributed by atoms with Crippen molar-refractivity contribution in [1.82, 2.24) is 5.32 Å². The summed E-state index contributed by atoms with van der Waals surface area (Å²) in [5.74, 6) is 0.381. The van der Waals surface area contributed by atoms with Crippen LogP contribution in [0.15, 0.2) is 29.3 Å². The molecule has 0 aliphatic carbocycles. The van der Waals surface area contributed by atoms with Crippen molar-refractivity contribution in [2.45, 2.75) is 39.3 Å². The van der Waals surface area contributed by atoms with Crippen molar-refractivity contribution < 1.29 is 9.53 Å². The molecule has 1 amide bonds. The third kappa shape index (κ3) is 2.70. The fourth-order valence-corrected chi connectivity index (χ4v) is 1.87. The van der Waals surface area contributed by atoms with Crippen LogP contribution in [0.1, 0.15) is 39.4 Å². The summed E-state index contributed by atoms with van der Waals surface area (Å²) < 4.78 is 5.56. The first kappa shape index (κ1) is 12.6. The fraction of sp³-hybridized carbons (Fsp3) is 0.429. The van der Waals surface area contributed by atoms with Gasteiger partial charge in [-0.15, -0.1) is 0 Å². The molecule has 96 valence electrons. The summed E-state index contributed by atoms with van der Waals surface area (Å²) in [6.45, 7) is 7.59. The number of benzene rings is 1. The van der Waals surface area contributed by atoms with Crippen molar-refractivity contribution >= 4 is 17.5 Å². The summed E-state index contributed by atoms with van der Waals surface area (Å²) in [7, 11) is 0. The molecule has 0 saturated heterocycles. The molecule has 0 saturated carbocycles. The lowest BCUT2D eigenvalue weighted by atomic mass is 10.0. The van der Waals surface area contributed by atoms with Crippen LogP contribution >= 0.6 is 0 Å². The van der Waals surface area contributed by atoms with Crippen LogP contribution in [0, 0.1) is 0 Å². The van der Waals surface area contributed by atoms with Gasteiger partial charge in [0.05, 0.1) is 5.69 Å². The summed E-state index contributed by atoms with van der Waals surface area (Å²) in [5.41, 5.74) is 1.33. The van der Waals surface area contributed by atoms with Gasteiger partial charge in [-0.3, -0.25) is 4.79 Å². The second kappa shape index (κ2) is 4.44. The first-order valence-corrected chi connectivity index (χ1v) is 6.00. The summed E-state index contributed by atoms with van der Waals surface area (Å²) in [6, 6.07) is 7.55. The highest BCUT2D eigenvalue weighted by atomic mass is 16.5. The third-order valence-corrected chi connectivity index (χ3v) is 2.52. The van der Waals surface area contributed by atoms with E-state index < -0.39 is 6.10 Å². The van der Waals surface area contributed by atoms with Gasteiger partial charge in [-0.2, -0.15) is 0 Å². The Labute approximate surface area is 107 Å². The van der Waals surface area contributed by atoms with E-state index in [-0.39, 0.29) is 11.4 Å². The Morgan fingerprint density at radius 1 is 1.33 bits per heavy atom. The Kier molecular flexibility index (Phi) is 3.11. The van der Waals surface area contributed by atoms with Gasteiger partial charge in [0, 0.05) is 18.0 Å². The van der Waals surface area contributed by atoms with Crippen molar-refractivity contribution in [3.63, 3.8) is 0 Å². The van der Waals surface area contributed by atoms with Crippen molar-refractivity contribution in [3.8, 4) is 0 Å².